The third-order valence-electron chi connectivity index (χ3n) is 9.69. The van der Waals surface area contributed by atoms with Crippen LogP contribution in [-0.4, -0.2) is 28.2 Å². The Kier molecular flexibility index (Phi) is 3.82. The molecule has 3 nitrogen and oxygen atoms in total. The molecule has 4 fully saturated rings. The summed E-state index contributed by atoms with van der Waals surface area (Å²) in [5, 5.41) is 21.7. The summed E-state index contributed by atoms with van der Waals surface area (Å²) < 4.78 is 0. The first-order valence-corrected chi connectivity index (χ1v) is 10.5. The number of hydrogen-bond donors (Lipinski definition) is 2. The summed E-state index contributed by atoms with van der Waals surface area (Å²) in [7, 11) is 0. The molecule has 0 aromatic heterocycles. The van der Waals surface area contributed by atoms with E-state index >= 15 is 0 Å². The van der Waals surface area contributed by atoms with Crippen LogP contribution in [0.5, 0.6) is 0 Å². The molecule has 0 heterocycles. The van der Waals surface area contributed by atoms with Crippen LogP contribution >= 0.6 is 0 Å². The summed E-state index contributed by atoms with van der Waals surface area (Å²) in [5.74, 6) is 0.935. The van der Waals surface area contributed by atoms with Gasteiger partial charge in [-0.1, -0.05) is 27.2 Å². The Labute approximate surface area is 152 Å². The monoisotopic (exact) mass is 348 g/mol. The van der Waals surface area contributed by atoms with Crippen LogP contribution < -0.4 is 0 Å². The van der Waals surface area contributed by atoms with Crippen molar-refractivity contribution in [1.82, 2.24) is 0 Å². The van der Waals surface area contributed by atoms with Crippen LogP contribution in [-0.2, 0) is 4.79 Å². The smallest absolute Gasteiger partial charge is 0.161 e. The van der Waals surface area contributed by atoms with E-state index in [1.165, 1.54) is 32.6 Å². The molecule has 0 amide bonds. The molecule has 4 saturated carbocycles. The number of carbonyl (C=O) groups is 1. The highest BCUT2D eigenvalue weighted by Gasteiger charge is 2.72. The van der Waals surface area contributed by atoms with Gasteiger partial charge in [0.15, 0.2) is 5.78 Å². The molecule has 2 N–H and O–H groups in total. The fraction of sp³-hybridized carbons (Fsp3) is 0.955. The van der Waals surface area contributed by atoms with Crippen molar-refractivity contribution in [2.75, 3.05) is 6.61 Å². The topological polar surface area (TPSA) is 57.5 Å². The largest absolute Gasteiger partial charge is 0.396 e. The van der Waals surface area contributed by atoms with Crippen molar-refractivity contribution in [2.45, 2.75) is 84.7 Å². The molecule has 4 aliphatic rings. The van der Waals surface area contributed by atoms with Gasteiger partial charge in [0.2, 0.25) is 0 Å². The maximum Gasteiger partial charge on any atom is 0.161 e. The Morgan fingerprint density at radius 1 is 1.04 bits per heavy atom. The predicted molar refractivity (Wildman–Crippen MR) is 97.9 cm³/mol. The third kappa shape index (κ3) is 2.03. The minimum atomic E-state index is -1.29. The number of fused-ring (bicyclic) bond motifs is 3. The summed E-state index contributed by atoms with van der Waals surface area (Å²) in [6.45, 7) is 8.88. The Hall–Kier alpha value is -0.410. The van der Waals surface area contributed by atoms with E-state index in [0.29, 0.717) is 16.7 Å². The summed E-state index contributed by atoms with van der Waals surface area (Å²) in [5.41, 5.74) is -0.649. The van der Waals surface area contributed by atoms with Gasteiger partial charge in [-0.25, -0.2) is 0 Å². The lowest BCUT2D eigenvalue weighted by atomic mass is 9.40. The summed E-state index contributed by atoms with van der Waals surface area (Å²) in [6, 6.07) is 0. The van der Waals surface area contributed by atoms with Gasteiger partial charge < -0.3 is 10.2 Å². The molecule has 2 bridgehead atoms. The SMILES string of the molecule is CC(=O)[C@@]1(O)[C@@H]2CC[C@H]3[C@]4(C)CCCC(C)(C)[C@H]4CC[C@]3(C2)[C@H]1CO. The van der Waals surface area contributed by atoms with E-state index in [1.807, 2.05) is 0 Å². The van der Waals surface area contributed by atoms with Crippen LogP contribution in [0.25, 0.3) is 0 Å². The zero-order valence-corrected chi connectivity index (χ0v) is 16.5. The fourth-order valence-electron chi connectivity index (χ4n) is 8.85. The molecule has 3 heteroatoms. The van der Waals surface area contributed by atoms with Gasteiger partial charge in [-0.2, -0.15) is 0 Å². The first kappa shape index (κ1) is 18.0. The van der Waals surface area contributed by atoms with E-state index in [9.17, 15) is 15.0 Å². The van der Waals surface area contributed by atoms with Gasteiger partial charge in [0.1, 0.15) is 5.60 Å². The highest BCUT2D eigenvalue weighted by Crippen LogP contribution is 2.74. The van der Waals surface area contributed by atoms with Gasteiger partial charge in [-0.3, -0.25) is 4.79 Å². The normalized spacial score (nSPS) is 53.8. The van der Waals surface area contributed by atoms with Crippen molar-refractivity contribution >= 4 is 5.78 Å². The van der Waals surface area contributed by atoms with Crippen molar-refractivity contribution in [3.05, 3.63) is 0 Å². The maximum absolute atomic E-state index is 12.5. The number of hydrogen-bond acceptors (Lipinski definition) is 3. The Balaban J connectivity index is 1.80. The van der Waals surface area contributed by atoms with Crippen LogP contribution in [0, 0.1) is 39.9 Å². The molecular weight excluding hydrogens is 312 g/mol. The molecule has 0 radical (unpaired) electrons. The van der Waals surface area contributed by atoms with Crippen molar-refractivity contribution in [1.29, 1.82) is 0 Å². The van der Waals surface area contributed by atoms with Crippen LogP contribution in [0.1, 0.15) is 79.1 Å². The lowest BCUT2D eigenvalue weighted by Crippen LogP contribution is -2.59. The minimum Gasteiger partial charge on any atom is -0.396 e. The second-order valence-electron chi connectivity index (χ2n) is 10.8. The number of ketones is 1. The molecule has 142 valence electrons. The van der Waals surface area contributed by atoms with Crippen molar-refractivity contribution in [2.24, 2.45) is 39.9 Å². The molecule has 0 aromatic rings. The van der Waals surface area contributed by atoms with E-state index in [1.54, 1.807) is 0 Å². The van der Waals surface area contributed by atoms with Crippen LogP contribution in [0.4, 0.5) is 0 Å². The zero-order valence-electron chi connectivity index (χ0n) is 16.5. The fourth-order valence-corrected chi connectivity index (χ4v) is 8.85. The second kappa shape index (κ2) is 5.32. The quantitative estimate of drug-likeness (QED) is 0.794. The van der Waals surface area contributed by atoms with Gasteiger partial charge >= 0.3 is 0 Å². The maximum atomic E-state index is 12.5. The molecular formula is C22H36O3. The lowest BCUT2D eigenvalue weighted by molar-refractivity contribution is -0.172. The van der Waals surface area contributed by atoms with Crippen LogP contribution in [0.2, 0.25) is 0 Å². The molecule has 0 aliphatic heterocycles. The number of aliphatic hydroxyl groups excluding tert-OH is 1. The number of rotatable bonds is 2. The van der Waals surface area contributed by atoms with E-state index in [0.717, 1.165) is 31.6 Å². The summed E-state index contributed by atoms with van der Waals surface area (Å²) in [4.78, 5) is 12.5. The van der Waals surface area contributed by atoms with Gasteiger partial charge in [0, 0.05) is 12.5 Å². The molecule has 0 saturated heterocycles. The predicted octanol–water partition coefficient (Wildman–Crippen LogP) is 3.96. The first-order chi connectivity index (χ1) is 11.6. The zero-order chi connectivity index (χ0) is 18.3. The molecule has 4 rings (SSSR count). The van der Waals surface area contributed by atoms with Crippen molar-refractivity contribution in [3.8, 4) is 0 Å². The number of carbonyl (C=O) groups excluding carboxylic acids is 1. The third-order valence-corrected chi connectivity index (χ3v) is 9.69. The van der Waals surface area contributed by atoms with Crippen molar-refractivity contribution < 1.29 is 15.0 Å². The van der Waals surface area contributed by atoms with Gasteiger partial charge in [-0.05, 0) is 85.9 Å². The number of aliphatic hydroxyl groups is 2. The van der Waals surface area contributed by atoms with E-state index in [-0.39, 0.29) is 29.6 Å². The molecule has 25 heavy (non-hydrogen) atoms. The van der Waals surface area contributed by atoms with E-state index in [2.05, 4.69) is 20.8 Å². The Morgan fingerprint density at radius 3 is 2.40 bits per heavy atom. The average molecular weight is 349 g/mol. The molecule has 1 spiro atoms. The van der Waals surface area contributed by atoms with Gasteiger partial charge in [-0.15, -0.1) is 0 Å². The molecule has 7 atom stereocenters. The molecule has 0 aromatic carbocycles. The van der Waals surface area contributed by atoms with Gasteiger partial charge in [0.25, 0.3) is 0 Å². The molecule has 4 aliphatic carbocycles. The molecule has 0 unspecified atom stereocenters. The van der Waals surface area contributed by atoms with Crippen LogP contribution in [0.3, 0.4) is 0 Å². The second-order valence-corrected chi connectivity index (χ2v) is 10.8. The highest BCUT2D eigenvalue weighted by atomic mass is 16.3. The highest BCUT2D eigenvalue weighted by molar-refractivity contribution is 5.86. The summed E-state index contributed by atoms with van der Waals surface area (Å²) >= 11 is 0. The average Bonchev–Trinajstić information content (AvgIpc) is 2.70. The Morgan fingerprint density at radius 2 is 1.76 bits per heavy atom. The van der Waals surface area contributed by atoms with E-state index < -0.39 is 5.60 Å². The lowest BCUT2D eigenvalue weighted by Gasteiger charge is -2.64. The summed E-state index contributed by atoms with van der Waals surface area (Å²) in [6.07, 6.45) is 9.17. The van der Waals surface area contributed by atoms with E-state index in [4.69, 9.17) is 0 Å². The Bertz CT molecular complexity index is 584. The minimum absolute atomic E-state index is 0.0310. The first-order valence-electron chi connectivity index (χ1n) is 10.5. The van der Waals surface area contributed by atoms with Gasteiger partial charge in [0.05, 0.1) is 0 Å². The number of Topliss-reactive ketones (excluding diaryl/α,β-unsaturated/α-hetero) is 1. The van der Waals surface area contributed by atoms with Crippen LogP contribution in [0.15, 0.2) is 0 Å². The van der Waals surface area contributed by atoms with Crippen molar-refractivity contribution in [3.63, 3.8) is 0 Å². The standard InChI is InChI=1S/C22H36O3/c1-14(24)22(25)15-6-7-17-20(4)10-5-9-19(2,3)16(20)8-11-21(17,12-15)18(22)13-23/h15-18,23,25H,5-13H2,1-4H3/t15-,16-,17+,18-,20-,21-,22-/m1/s1.